The molecular formula is C19H17Cl2NO9. The summed E-state index contributed by atoms with van der Waals surface area (Å²) in [6.07, 6.45) is 1.94. The van der Waals surface area contributed by atoms with Gasteiger partial charge in [-0.1, -0.05) is 18.2 Å². The maximum Gasteiger partial charge on any atom is 0.381 e. The standard InChI is InChI=1S/C11H11NO6.C8H6Cl2O3/c1-17-9-5-7(3-4-11(13)14)8(12(15)16)6-10(9)18-2;9-8(10,7(11)12)13-6-4-2-1-3-5-6/h3-6H,1-2H3,(H,13,14);1-5H,(H,11,12). The highest BCUT2D eigenvalue weighted by Crippen LogP contribution is 2.35. The number of carboxylic acid groups (broad SMARTS) is 2. The lowest BCUT2D eigenvalue weighted by atomic mass is 10.1. The minimum atomic E-state index is -2.23. The van der Waals surface area contributed by atoms with Gasteiger partial charge in [0.1, 0.15) is 5.75 Å². The first-order valence-electron chi connectivity index (χ1n) is 8.18. The van der Waals surface area contributed by atoms with Gasteiger partial charge in [0, 0.05) is 6.08 Å². The Morgan fingerprint density at radius 1 is 1.06 bits per heavy atom. The minimum Gasteiger partial charge on any atom is -0.493 e. The molecule has 0 saturated carbocycles. The van der Waals surface area contributed by atoms with E-state index in [9.17, 15) is 19.7 Å². The molecule has 0 saturated heterocycles. The molecule has 2 aromatic carbocycles. The van der Waals surface area contributed by atoms with Crippen molar-refractivity contribution >= 4 is 46.9 Å². The molecule has 0 aromatic heterocycles. The van der Waals surface area contributed by atoms with Crippen LogP contribution >= 0.6 is 23.2 Å². The molecule has 2 rings (SSSR count). The Labute approximate surface area is 186 Å². The molecule has 10 nitrogen and oxygen atoms in total. The summed E-state index contributed by atoms with van der Waals surface area (Å²) in [4.78, 5) is 31.1. The first-order valence-corrected chi connectivity index (χ1v) is 8.94. The largest absolute Gasteiger partial charge is 0.493 e. The topological polar surface area (TPSA) is 145 Å². The summed E-state index contributed by atoms with van der Waals surface area (Å²) in [6.45, 7) is 0. The molecule has 0 radical (unpaired) electrons. The first kappa shape index (κ1) is 25.5. The van der Waals surface area contributed by atoms with Gasteiger partial charge >= 0.3 is 16.5 Å². The number of aliphatic carboxylic acids is 2. The number of alkyl halides is 2. The number of carboxylic acids is 2. The van der Waals surface area contributed by atoms with Gasteiger partial charge in [0.2, 0.25) is 0 Å². The second-order valence-corrected chi connectivity index (χ2v) is 6.69. The van der Waals surface area contributed by atoms with Crippen molar-refractivity contribution in [2.75, 3.05) is 14.2 Å². The molecule has 31 heavy (non-hydrogen) atoms. The average Bonchev–Trinajstić information content (AvgIpc) is 2.72. The first-order chi connectivity index (χ1) is 14.5. The Morgan fingerprint density at radius 2 is 1.61 bits per heavy atom. The molecule has 0 bridgehead atoms. The highest BCUT2D eigenvalue weighted by atomic mass is 35.5. The second-order valence-electron chi connectivity index (χ2n) is 5.43. The van der Waals surface area contributed by atoms with E-state index in [1.165, 1.54) is 26.4 Å². The second kappa shape index (κ2) is 11.6. The van der Waals surface area contributed by atoms with Gasteiger partial charge in [-0.2, -0.15) is 0 Å². The third-order valence-corrected chi connectivity index (χ3v) is 3.85. The number of hydrogen-bond donors (Lipinski definition) is 2. The molecule has 0 unspecified atom stereocenters. The molecule has 0 aliphatic carbocycles. The van der Waals surface area contributed by atoms with Crippen LogP contribution in [0.25, 0.3) is 6.08 Å². The van der Waals surface area contributed by atoms with Crippen LogP contribution in [0.3, 0.4) is 0 Å². The van der Waals surface area contributed by atoms with Crippen LogP contribution in [0.4, 0.5) is 5.69 Å². The molecule has 0 fully saturated rings. The number of hydrogen-bond acceptors (Lipinski definition) is 7. The van der Waals surface area contributed by atoms with Crippen LogP contribution in [-0.2, 0) is 9.59 Å². The number of para-hydroxylation sites is 1. The van der Waals surface area contributed by atoms with E-state index in [2.05, 4.69) is 0 Å². The van der Waals surface area contributed by atoms with Crippen molar-refractivity contribution in [2.24, 2.45) is 0 Å². The molecule has 2 N–H and O–H groups in total. The van der Waals surface area contributed by atoms with Gasteiger partial charge in [0.05, 0.1) is 30.8 Å². The van der Waals surface area contributed by atoms with Gasteiger partial charge in [-0.15, -0.1) is 0 Å². The van der Waals surface area contributed by atoms with Crippen LogP contribution in [0.5, 0.6) is 17.2 Å². The fourth-order valence-corrected chi connectivity index (χ4v) is 2.20. The zero-order valence-corrected chi connectivity index (χ0v) is 17.7. The molecule has 0 aliphatic heterocycles. The monoisotopic (exact) mass is 473 g/mol. The van der Waals surface area contributed by atoms with Crippen molar-refractivity contribution in [2.45, 2.75) is 4.52 Å². The van der Waals surface area contributed by atoms with E-state index in [1.807, 2.05) is 0 Å². The molecule has 0 aliphatic rings. The fraction of sp³-hybridized carbons (Fsp3) is 0.158. The summed E-state index contributed by atoms with van der Waals surface area (Å²) in [6, 6.07) is 10.8. The quantitative estimate of drug-likeness (QED) is 0.251. The Hall–Kier alpha value is -3.50. The minimum absolute atomic E-state index is 0.125. The lowest BCUT2D eigenvalue weighted by Crippen LogP contribution is -2.32. The van der Waals surface area contributed by atoms with Gasteiger partial charge in [0.15, 0.2) is 11.5 Å². The number of rotatable bonds is 8. The Balaban J connectivity index is 0.000000327. The van der Waals surface area contributed by atoms with Crippen LogP contribution in [0, 0.1) is 10.1 Å². The molecule has 0 spiro atoms. The summed E-state index contributed by atoms with van der Waals surface area (Å²) in [7, 11) is 2.74. The van der Waals surface area contributed by atoms with E-state index in [4.69, 9.17) is 47.6 Å². The normalized spacial score (nSPS) is 10.6. The zero-order chi connectivity index (χ0) is 23.6. The van der Waals surface area contributed by atoms with Crippen LogP contribution in [0.1, 0.15) is 5.56 Å². The van der Waals surface area contributed by atoms with Gasteiger partial charge in [0.25, 0.3) is 5.69 Å². The lowest BCUT2D eigenvalue weighted by molar-refractivity contribution is -0.385. The van der Waals surface area contributed by atoms with Gasteiger partial charge in [-0.25, -0.2) is 9.59 Å². The molecule has 0 heterocycles. The van der Waals surface area contributed by atoms with Gasteiger partial charge < -0.3 is 24.4 Å². The Kier molecular flexibility index (Phi) is 9.58. The van der Waals surface area contributed by atoms with E-state index in [1.54, 1.807) is 30.3 Å². The van der Waals surface area contributed by atoms with Crippen LogP contribution in [-0.4, -0.2) is 45.8 Å². The summed E-state index contributed by atoms with van der Waals surface area (Å²) in [5, 5.41) is 27.9. The number of methoxy groups -OCH3 is 2. The smallest absolute Gasteiger partial charge is 0.381 e. The van der Waals surface area contributed by atoms with Crippen molar-refractivity contribution in [1.82, 2.24) is 0 Å². The number of nitro benzene ring substituents is 1. The highest BCUT2D eigenvalue weighted by molar-refractivity contribution is 6.56. The van der Waals surface area contributed by atoms with E-state index in [0.717, 1.165) is 12.2 Å². The van der Waals surface area contributed by atoms with Crippen LogP contribution in [0.2, 0.25) is 0 Å². The maximum atomic E-state index is 10.9. The summed E-state index contributed by atoms with van der Waals surface area (Å²) in [5.41, 5.74) is -0.134. The number of nitro groups is 1. The molecule has 2 aromatic rings. The van der Waals surface area contributed by atoms with E-state index < -0.39 is 21.4 Å². The van der Waals surface area contributed by atoms with Crippen molar-refractivity contribution < 1.29 is 38.9 Å². The van der Waals surface area contributed by atoms with Crippen molar-refractivity contribution in [1.29, 1.82) is 0 Å². The van der Waals surface area contributed by atoms with Gasteiger partial charge in [-0.05, 0) is 47.5 Å². The molecule has 12 heteroatoms. The van der Waals surface area contributed by atoms with Crippen LogP contribution in [0.15, 0.2) is 48.5 Å². The lowest BCUT2D eigenvalue weighted by Gasteiger charge is -2.15. The average molecular weight is 474 g/mol. The van der Waals surface area contributed by atoms with Crippen LogP contribution < -0.4 is 14.2 Å². The number of benzene rings is 2. The summed E-state index contributed by atoms with van der Waals surface area (Å²) in [5.74, 6) is -1.85. The number of halogens is 2. The summed E-state index contributed by atoms with van der Waals surface area (Å²) < 4.78 is 12.5. The van der Waals surface area contributed by atoms with Crippen molar-refractivity contribution in [3.05, 3.63) is 64.2 Å². The van der Waals surface area contributed by atoms with Crippen molar-refractivity contribution in [3.63, 3.8) is 0 Å². The predicted octanol–water partition coefficient (Wildman–Crippen LogP) is 3.99. The highest BCUT2D eigenvalue weighted by Gasteiger charge is 2.36. The van der Waals surface area contributed by atoms with Crippen molar-refractivity contribution in [3.8, 4) is 17.2 Å². The zero-order valence-electron chi connectivity index (χ0n) is 16.2. The third-order valence-electron chi connectivity index (χ3n) is 3.37. The Morgan fingerprint density at radius 3 is 2.06 bits per heavy atom. The summed E-state index contributed by atoms with van der Waals surface area (Å²) >= 11 is 10.7. The fourth-order valence-electron chi connectivity index (χ4n) is 2.02. The molecular weight excluding hydrogens is 457 g/mol. The van der Waals surface area contributed by atoms with E-state index in [-0.39, 0.29) is 22.7 Å². The molecule has 0 amide bonds. The van der Waals surface area contributed by atoms with E-state index in [0.29, 0.717) is 5.75 Å². The molecule has 166 valence electrons. The third kappa shape index (κ3) is 8.03. The Bertz CT molecular complexity index is 962. The maximum absolute atomic E-state index is 10.9. The molecule has 0 atom stereocenters. The number of ether oxygens (including phenoxy) is 3. The van der Waals surface area contributed by atoms with E-state index >= 15 is 0 Å². The number of nitrogens with zero attached hydrogens (tertiary/aromatic N) is 1. The van der Waals surface area contributed by atoms with Gasteiger partial charge in [-0.3, -0.25) is 10.1 Å². The SMILES string of the molecule is COc1cc(C=CC(=O)O)c([N+](=O)[O-])cc1OC.O=C(O)C(Cl)(Cl)Oc1ccccc1. The predicted molar refractivity (Wildman–Crippen MR) is 112 cm³/mol. The number of carbonyl (C=O) groups is 2.